The number of non-ortho nitro benzene ring substituents is 1. The van der Waals surface area contributed by atoms with Gasteiger partial charge in [0.05, 0.1) is 24.9 Å². The molecule has 4 rings (SSSR count). The van der Waals surface area contributed by atoms with Crippen molar-refractivity contribution < 1.29 is 28.8 Å². The number of aryl methyl sites for hydroxylation is 1. The summed E-state index contributed by atoms with van der Waals surface area (Å²) in [5.41, 5.74) is 2.42. The van der Waals surface area contributed by atoms with Crippen LogP contribution in [0.3, 0.4) is 0 Å². The molecule has 0 radical (unpaired) electrons. The molecule has 0 aromatic heterocycles. The first kappa shape index (κ1) is 32.3. The summed E-state index contributed by atoms with van der Waals surface area (Å²) in [6.07, 6.45) is 1.52. The molecule has 4 aromatic carbocycles. The molecule has 0 atom stereocenters. The van der Waals surface area contributed by atoms with Gasteiger partial charge in [-0.15, -0.1) is 11.8 Å². The highest BCUT2D eigenvalue weighted by atomic mass is 32.2. The number of nitro benzene ring substituents is 1. The van der Waals surface area contributed by atoms with Crippen LogP contribution >= 0.6 is 11.8 Å². The van der Waals surface area contributed by atoms with E-state index in [1.165, 1.54) is 50.3 Å². The maximum atomic E-state index is 13.4. The van der Waals surface area contributed by atoms with Crippen LogP contribution in [0.5, 0.6) is 11.5 Å². The Kier molecular flexibility index (Phi) is 10.9. The summed E-state index contributed by atoms with van der Waals surface area (Å²) in [4.78, 5) is 50.1. The van der Waals surface area contributed by atoms with Crippen LogP contribution < -0.4 is 25.4 Å². The van der Waals surface area contributed by atoms with Gasteiger partial charge in [-0.2, -0.15) is 0 Å². The Hall–Kier alpha value is -5.62. The van der Waals surface area contributed by atoms with Crippen LogP contribution in [-0.4, -0.2) is 42.6 Å². The van der Waals surface area contributed by atoms with Crippen LogP contribution in [0.25, 0.3) is 6.08 Å². The molecule has 12 heteroatoms. The van der Waals surface area contributed by atoms with Gasteiger partial charge in [-0.05, 0) is 73.2 Å². The largest absolute Gasteiger partial charge is 0.497 e. The van der Waals surface area contributed by atoms with Gasteiger partial charge in [0.25, 0.3) is 17.5 Å². The summed E-state index contributed by atoms with van der Waals surface area (Å²) in [6, 6.07) is 24.7. The molecule has 0 aliphatic rings. The molecule has 0 saturated heterocycles. The van der Waals surface area contributed by atoms with E-state index >= 15 is 0 Å². The zero-order valence-electron chi connectivity index (χ0n) is 24.7. The molecule has 4 aromatic rings. The number of hydrogen-bond donors (Lipinski definition) is 3. The summed E-state index contributed by atoms with van der Waals surface area (Å²) < 4.78 is 10.7. The molecule has 0 aliphatic heterocycles. The van der Waals surface area contributed by atoms with Crippen molar-refractivity contribution >= 4 is 52.6 Å². The molecule has 0 fully saturated rings. The third-order valence-electron chi connectivity index (χ3n) is 6.45. The van der Waals surface area contributed by atoms with Crippen LogP contribution in [-0.2, 0) is 9.59 Å². The summed E-state index contributed by atoms with van der Waals surface area (Å²) in [5, 5.41) is 19.2. The number of carbonyl (C=O) groups excluding carboxylic acids is 3. The predicted molar refractivity (Wildman–Crippen MR) is 174 cm³/mol. The van der Waals surface area contributed by atoms with E-state index in [2.05, 4.69) is 16.0 Å². The molecular formula is C33H30N4O7S. The zero-order chi connectivity index (χ0) is 32.3. The molecule has 3 N–H and O–H groups in total. The van der Waals surface area contributed by atoms with Crippen LogP contribution in [0.15, 0.2) is 102 Å². The minimum Gasteiger partial charge on any atom is -0.497 e. The van der Waals surface area contributed by atoms with Gasteiger partial charge in [0.15, 0.2) is 0 Å². The maximum absolute atomic E-state index is 13.4. The first-order valence-corrected chi connectivity index (χ1v) is 14.5. The van der Waals surface area contributed by atoms with Crippen molar-refractivity contribution in [3.8, 4) is 11.5 Å². The molecular weight excluding hydrogens is 596 g/mol. The highest BCUT2D eigenvalue weighted by Crippen LogP contribution is 2.27. The molecule has 0 bridgehead atoms. The van der Waals surface area contributed by atoms with Crippen LogP contribution in [0, 0.1) is 17.0 Å². The van der Waals surface area contributed by atoms with E-state index in [1.54, 1.807) is 79.7 Å². The van der Waals surface area contributed by atoms with Gasteiger partial charge in [-0.1, -0.05) is 18.2 Å². The lowest BCUT2D eigenvalue weighted by molar-refractivity contribution is -0.384. The molecule has 230 valence electrons. The van der Waals surface area contributed by atoms with E-state index < -0.39 is 16.7 Å². The van der Waals surface area contributed by atoms with E-state index in [1.807, 2.05) is 0 Å². The third kappa shape index (κ3) is 8.94. The number of nitro groups is 1. The van der Waals surface area contributed by atoms with Crippen molar-refractivity contribution in [2.24, 2.45) is 0 Å². The second-order valence-electron chi connectivity index (χ2n) is 9.56. The van der Waals surface area contributed by atoms with Gasteiger partial charge in [0.2, 0.25) is 5.91 Å². The second kappa shape index (κ2) is 15.2. The monoisotopic (exact) mass is 626 g/mol. The van der Waals surface area contributed by atoms with E-state index in [9.17, 15) is 24.5 Å². The van der Waals surface area contributed by atoms with Gasteiger partial charge in [0.1, 0.15) is 17.2 Å². The third-order valence-corrected chi connectivity index (χ3v) is 7.46. The Morgan fingerprint density at radius 2 is 1.62 bits per heavy atom. The Morgan fingerprint density at radius 1 is 0.889 bits per heavy atom. The Balaban J connectivity index is 1.44. The number of nitrogens with one attached hydrogen (secondary N) is 3. The smallest absolute Gasteiger partial charge is 0.272 e. The quantitative estimate of drug-likeness (QED) is 0.0744. The van der Waals surface area contributed by atoms with Crippen molar-refractivity contribution in [2.75, 3.05) is 30.6 Å². The summed E-state index contributed by atoms with van der Waals surface area (Å²) in [5.74, 6) is -0.173. The highest BCUT2D eigenvalue weighted by Gasteiger charge is 2.17. The first-order valence-electron chi connectivity index (χ1n) is 13.6. The summed E-state index contributed by atoms with van der Waals surface area (Å²) in [7, 11) is 3.03. The minimum absolute atomic E-state index is 0.0102. The fraction of sp³-hybridized carbons (Fsp3) is 0.121. The van der Waals surface area contributed by atoms with Crippen molar-refractivity contribution in [1.29, 1.82) is 0 Å². The number of methoxy groups -OCH3 is 2. The molecule has 0 saturated carbocycles. The molecule has 0 aliphatic carbocycles. The van der Waals surface area contributed by atoms with E-state index in [0.717, 1.165) is 4.90 Å². The van der Waals surface area contributed by atoms with Crippen molar-refractivity contribution in [2.45, 2.75) is 11.8 Å². The number of rotatable bonds is 12. The average molecular weight is 627 g/mol. The number of ether oxygens (including phenoxy) is 2. The molecule has 0 spiro atoms. The van der Waals surface area contributed by atoms with Crippen molar-refractivity contribution in [3.63, 3.8) is 0 Å². The summed E-state index contributed by atoms with van der Waals surface area (Å²) in [6.45, 7) is 1.68. The fourth-order valence-corrected chi connectivity index (χ4v) is 4.80. The molecule has 11 nitrogen and oxygen atoms in total. The molecule has 0 unspecified atom stereocenters. The Bertz CT molecular complexity index is 1740. The van der Waals surface area contributed by atoms with E-state index in [4.69, 9.17) is 9.47 Å². The van der Waals surface area contributed by atoms with Gasteiger partial charge in [-0.3, -0.25) is 24.5 Å². The lowest BCUT2D eigenvalue weighted by Crippen LogP contribution is -2.30. The number of nitrogens with zero attached hydrogens (tertiary/aromatic N) is 1. The zero-order valence-corrected chi connectivity index (χ0v) is 25.5. The number of benzene rings is 4. The SMILES string of the molecule is COc1ccc(/C=C(\NC(=O)c2ccccc2)C(=O)Nc2ccc(SCC(=O)Nc3ccc([N+](=O)[O-])cc3C)cc2)c(OC)c1. The topological polar surface area (TPSA) is 149 Å². The number of anilines is 2. The summed E-state index contributed by atoms with van der Waals surface area (Å²) >= 11 is 1.28. The first-order chi connectivity index (χ1) is 21.7. The van der Waals surface area contributed by atoms with Crippen LogP contribution in [0.1, 0.15) is 21.5 Å². The van der Waals surface area contributed by atoms with Gasteiger partial charge in [-0.25, -0.2) is 0 Å². The average Bonchev–Trinajstić information content (AvgIpc) is 3.05. The molecule has 3 amide bonds. The second-order valence-corrected chi connectivity index (χ2v) is 10.6. The number of hydrogen-bond acceptors (Lipinski definition) is 8. The lowest BCUT2D eigenvalue weighted by Gasteiger charge is -2.13. The highest BCUT2D eigenvalue weighted by molar-refractivity contribution is 8.00. The van der Waals surface area contributed by atoms with E-state index in [0.29, 0.717) is 39.6 Å². The van der Waals surface area contributed by atoms with Crippen molar-refractivity contribution in [1.82, 2.24) is 5.32 Å². The molecule has 45 heavy (non-hydrogen) atoms. The standard InChI is InChI=1S/C33H30N4O7S/c1-21-17-25(37(41)42)12-16-28(21)35-31(38)20-45-27-14-10-24(11-15-27)34-33(40)29(36-32(39)22-7-5-4-6-8-22)18-23-9-13-26(43-2)19-30(23)44-3/h4-19H,20H2,1-3H3,(H,34,40)(H,35,38)(H,36,39)/b29-18-. The van der Waals surface area contributed by atoms with Gasteiger partial charge < -0.3 is 25.4 Å². The van der Waals surface area contributed by atoms with Gasteiger partial charge in [0, 0.05) is 45.6 Å². The van der Waals surface area contributed by atoms with Crippen molar-refractivity contribution in [3.05, 3.63) is 123 Å². The van der Waals surface area contributed by atoms with Gasteiger partial charge >= 0.3 is 0 Å². The van der Waals surface area contributed by atoms with Crippen LogP contribution in [0.2, 0.25) is 0 Å². The Morgan fingerprint density at radius 3 is 2.27 bits per heavy atom. The normalized spacial score (nSPS) is 10.9. The Labute approximate surface area is 263 Å². The number of carbonyl (C=O) groups is 3. The number of thioether (sulfide) groups is 1. The molecule has 0 heterocycles. The predicted octanol–water partition coefficient (Wildman–Crippen LogP) is 6.06. The maximum Gasteiger partial charge on any atom is 0.272 e. The van der Waals surface area contributed by atoms with Crippen LogP contribution in [0.4, 0.5) is 17.1 Å². The van der Waals surface area contributed by atoms with E-state index in [-0.39, 0.29) is 23.0 Å². The number of amides is 3. The fourth-order valence-electron chi connectivity index (χ4n) is 4.11. The lowest BCUT2D eigenvalue weighted by atomic mass is 10.1. The minimum atomic E-state index is -0.560.